The number of pyridine rings is 1. The van der Waals surface area contributed by atoms with Crippen molar-refractivity contribution in [3.63, 3.8) is 0 Å². The van der Waals surface area contributed by atoms with Crippen molar-refractivity contribution in [1.82, 2.24) is 35.3 Å². The number of sulfonamides is 1. The summed E-state index contributed by atoms with van der Waals surface area (Å²) in [6, 6.07) is 8.14. The summed E-state index contributed by atoms with van der Waals surface area (Å²) in [6.07, 6.45) is -3.70. The van der Waals surface area contributed by atoms with Gasteiger partial charge in [-0.1, -0.05) is 23.5 Å². The average molecular weight is 1010 g/mol. The number of aryl methyl sites for hydroxylation is 1. The molecule has 1 spiro atoms. The predicted molar refractivity (Wildman–Crippen MR) is 244 cm³/mol. The number of likely N-dealkylation sites (tertiary alicyclic amines) is 1. The zero-order chi connectivity index (χ0) is 49.7. The molecule has 24 heteroatoms. The van der Waals surface area contributed by atoms with Gasteiger partial charge in [-0.3, -0.25) is 19.6 Å². The number of anilines is 2. The number of para-hydroxylation sites is 1. The van der Waals surface area contributed by atoms with Gasteiger partial charge in [-0.15, -0.1) is 0 Å². The number of nitrogens with zero attached hydrogens (tertiary/aromatic N) is 6. The van der Waals surface area contributed by atoms with Crippen LogP contribution in [0.15, 0.2) is 53.7 Å². The summed E-state index contributed by atoms with van der Waals surface area (Å²) in [5.41, 5.74) is -3.17. The van der Waals surface area contributed by atoms with Gasteiger partial charge in [0.05, 0.1) is 40.4 Å². The minimum atomic E-state index is -5.23. The number of ether oxygens (including phenoxy) is 1. The number of carbonyl (C=O) groups is 2. The maximum Gasteiger partial charge on any atom is 0.433 e. The van der Waals surface area contributed by atoms with Gasteiger partial charge in [0, 0.05) is 72.7 Å². The second kappa shape index (κ2) is 16.8. The van der Waals surface area contributed by atoms with Gasteiger partial charge < -0.3 is 25.2 Å². The molecule has 0 unspecified atom stereocenters. The molecule has 2 saturated heterocycles. The molecule has 368 valence electrons. The van der Waals surface area contributed by atoms with Gasteiger partial charge >= 0.3 is 12.3 Å². The first-order chi connectivity index (χ1) is 32.2. The number of rotatable bonds is 12. The summed E-state index contributed by atoms with van der Waals surface area (Å²) in [6.45, 7) is 6.77. The van der Waals surface area contributed by atoms with Crippen LogP contribution in [0, 0.1) is 34.3 Å². The molecule has 3 aromatic heterocycles. The van der Waals surface area contributed by atoms with Crippen LogP contribution >= 0.6 is 11.3 Å². The van der Waals surface area contributed by atoms with Gasteiger partial charge in [0.15, 0.2) is 16.6 Å². The Hall–Kier alpha value is -6.04. The second-order valence-electron chi connectivity index (χ2n) is 19.3. The lowest BCUT2D eigenvalue weighted by Gasteiger charge is -2.53. The van der Waals surface area contributed by atoms with Crippen LogP contribution < -0.4 is 20.3 Å². The Morgan fingerprint density at radius 2 is 1.70 bits per heavy atom. The number of thiazole rings is 1. The van der Waals surface area contributed by atoms with Crippen LogP contribution in [0.1, 0.15) is 57.3 Å². The molecule has 69 heavy (non-hydrogen) atoms. The summed E-state index contributed by atoms with van der Waals surface area (Å²) in [7, 11) is -2.22. The van der Waals surface area contributed by atoms with E-state index in [0.717, 1.165) is 31.2 Å². The van der Waals surface area contributed by atoms with Crippen molar-refractivity contribution < 1.29 is 53.5 Å². The number of aromatic nitrogens is 4. The van der Waals surface area contributed by atoms with Crippen LogP contribution in [0.5, 0.6) is 0 Å². The van der Waals surface area contributed by atoms with E-state index < -0.39 is 86.7 Å². The van der Waals surface area contributed by atoms with Crippen LogP contribution in [-0.2, 0) is 33.0 Å². The van der Waals surface area contributed by atoms with Crippen LogP contribution in [0.4, 0.5) is 46.5 Å². The highest BCUT2D eigenvalue weighted by Crippen LogP contribution is 2.63. The number of hydrogen-bond acceptors (Lipinski definition) is 12. The SMILES string of the molecule is Cn1nc(NS(C)(=O)=O)c2cccc(-c3cc4sc(N5CCC6(CC5)CN(C(=O)OC(C)(C)C)C6)nc4nc3[C@H](Cc3cc(F)cc(F)c3)NC(=O)CNC3=C(C(=N)C(F)(F)F)[C@H]4C[C@H]4C3(F)F)c21. The molecule has 2 amide bonds. The Kier molecular flexibility index (Phi) is 11.7. The molecule has 5 aromatic rings. The highest BCUT2D eigenvalue weighted by atomic mass is 32.2. The highest BCUT2D eigenvalue weighted by molar-refractivity contribution is 7.92. The van der Waals surface area contributed by atoms with E-state index in [9.17, 15) is 40.0 Å². The van der Waals surface area contributed by atoms with Gasteiger partial charge in [-0.25, -0.2) is 27.0 Å². The lowest BCUT2D eigenvalue weighted by atomic mass is 9.72. The molecular formula is C45H47F7N10O5S2. The standard InChI is InChI=1S/C45H47F7N10O5S2/c1-42(2,3)67-41(64)62-20-43(21-62)9-11-61(12-10-43)40-57-39-31(68-40)18-27(25-7-6-8-26-35(25)60(4)58-38(26)59-69(5,65)66)34(56-39)30(15-22-13-23(46)16-24(47)14-22)55-32(63)19-54-37-33(36(53)45(50,51)52)28-17-29(28)44(37,48)49/h6-8,13-14,16,18,28-30,53-54H,9-12,15,17,19-21H2,1-5H3,(H,55,63)(H,58,59)/t28-,29+,30-/m0/s1. The summed E-state index contributed by atoms with van der Waals surface area (Å²) in [4.78, 5) is 40.4. The van der Waals surface area contributed by atoms with Crippen LogP contribution in [-0.4, -0.2) is 107 Å². The van der Waals surface area contributed by atoms with E-state index in [1.54, 1.807) is 36.2 Å². The van der Waals surface area contributed by atoms with E-state index in [1.807, 2.05) is 20.8 Å². The number of nitrogens with one attached hydrogen (secondary N) is 4. The number of benzene rings is 2. The van der Waals surface area contributed by atoms with Gasteiger partial charge in [-0.05, 0) is 82.2 Å². The Balaban J connectivity index is 1.09. The first-order valence-electron chi connectivity index (χ1n) is 21.9. The van der Waals surface area contributed by atoms with Crippen molar-refractivity contribution in [3.8, 4) is 11.1 Å². The number of halogens is 7. The third kappa shape index (κ3) is 9.52. The molecule has 1 saturated carbocycles. The molecule has 5 heterocycles. The van der Waals surface area contributed by atoms with E-state index in [4.69, 9.17) is 20.1 Å². The Morgan fingerprint density at radius 1 is 1.01 bits per heavy atom. The summed E-state index contributed by atoms with van der Waals surface area (Å²) in [5.74, 6) is -9.32. The van der Waals surface area contributed by atoms with E-state index in [1.165, 1.54) is 16.0 Å². The number of fused-ring (bicyclic) bond motifs is 3. The first-order valence-corrected chi connectivity index (χ1v) is 24.6. The van der Waals surface area contributed by atoms with Crippen molar-refractivity contribution in [2.24, 2.45) is 24.3 Å². The van der Waals surface area contributed by atoms with Gasteiger partial charge in [0.1, 0.15) is 22.9 Å². The molecular weight excluding hydrogens is 958 g/mol. The summed E-state index contributed by atoms with van der Waals surface area (Å²) >= 11 is 1.33. The summed E-state index contributed by atoms with van der Waals surface area (Å²) < 4.78 is 136. The fraction of sp³-hybridized carbons (Fsp3) is 0.467. The zero-order valence-electron chi connectivity index (χ0n) is 37.8. The molecule has 2 aliphatic carbocycles. The van der Waals surface area contributed by atoms with Gasteiger partial charge in [-0.2, -0.15) is 32.0 Å². The topological polar surface area (TPSA) is 188 Å². The number of amides is 2. The third-order valence-electron chi connectivity index (χ3n) is 12.9. The van der Waals surface area contributed by atoms with E-state index in [2.05, 4.69) is 25.4 Å². The number of hydrogen-bond donors (Lipinski definition) is 4. The molecule has 4 aliphatic rings. The minimum Gasteiger partial charge on any atom is -0.444 e. The number of piperidine rings is 1. The van der Waals surface area contributed by atoms with Gasteiger partial charge in [0.25, 0.3) is 5.92 Å². The Bertz CT molecular complexity index is 3060. The van der Waals surface area contributed by atoms with Crippen LogP contribution in [0.25, 0.3) is 32.4 Å². The second-order valence-corrected chi connectivity index (χ2v) is 22.1. The third-order valence-corrected chi connectivity index (χ3v) is 14.5. The van der Waals surface area contributed by atoms with Crippen LogP contribution in [0.2, 0.25) is 0 Å². The van der Waals surface area contributed by atoms with Crippen molar-refractivity contribution in [2.45, 2.75) is 70.2 Å². The zero-order valence-corrected chi connectivity index (χ0v) is 39.5. The smallest absolute Gasteiger partial charge is 0.433 e. The molecule has 9 rings (SSSR count). The molecule has 3 fully saturated rings. The maximum atomic E-state index is 15.4. The molecule has 4 N–H and O–H groups in total. The molecule has 3 atom stereocenters. The molecule has 15 nitrogen and oxygen atoms in total. The quantitative estimate of drug-likeness (QED) is 0.0709. The Morgan fingerprint density at radius 3 is 2.33 bits per heavy atom. The van der Waals surface area contributed by atoms with E-state index in [-0.39, 0.29) is 47.1 Å². The van der Waals surface area contributed by atoms with E-state index in [0.29, 0.717) is 64.1 Å². The molecule has 0 bridgehead atoms. The number of carbonyl (C=O) groups excluding carboxylic acids is 2. The van der Waals surface area contributed by atoms with Crippen molar-refractivity contribution >= 4 is 71.3 Å². The maximum absolute atomic E-state index is 15.4. The summed E-state index contributed by atoms with van der Waals surface area (Å²) in [5, 5.41) is 18.0. The number of allylic oxidation sites excluding steroid dienone is 2. The molecule has 0 radical (unpaired) electrons. The normalized spacial score (nSPS) is 20.2. The lowest BCUT2D eigenvalue weighted by molar-refractivity contribution is -0.121. The van der Waals surface area contributed by atoms with Crippen molar-refractivity contribution in [3.05, 3.63) is 76.6 Å². The first kappa shape index (κ1) is 48.0. The monoisotopic (exact) mass is 1000 g/mol. The minimum absolute atomic E-state index is 0.0101. The van der Waals surface area contributed by atoms with Crippen molar-refractivity contribution in [2.75, 3.05) is 48.6 Å². The van der Waals surface area contributed by atoms with Crippen LogP contribution in [0.3, 0.4) is 0 Å². The fourth-order valence-corrected chi connectivity index (χ4v) is 11.2. The Labute approximate surface area is 395 Å². The van der Waals surface area contributed by atoms with Crippen molar-refractivity contribution in [1.29, 1.82) is 5.41 Å². The van der Waals surface area contributed by atoms with E-state index >= 15 is 8.78 Å². The molecule has 2 aliphatic heterocycles. The largest absolute Gasteiger partial charge is 0.444 e. The van der Waals surface area contributed by atoms with Gasteiger partial charge in [0.2, 0.25) is 15.9 Å². The fourth-order valence-electron chi connectivity index (χ4n) is 9.73. The molecule has 2 aromatic carbocycles. The predicted octanol–water partition coefficient (Wildman–Crippen LogP) is 7.84. The highest BCUT2D eigenvalue weighted by Gasteiger charge is 2.67. The lowest BCUT2D eigenvalue weighted by Crippen LogP contribution is -2.62. The average Bonchev–Trinajstić information content (AvgIpc) is 3.75. The number of alkyl halides is 5.